The fraction of sp³-hybridized carbons (Fsp3) is 0.400. The van der Waals surface area contributed by atoms with Crippen molar-refractivity contribution in [3.8, 4) is 11.3 Å². The highest BCUT2D eigenvalue weighted by molar-refractivity contribution is 7.22. The number of nitrogens with one attached hydrogen (secondary N) is 1. The number of aromatic nitrogens is 2. The zero-order valence-electron chi connectivity index (χ0n) is 32.8. The Labute approximate surface area is 331 Å². The number of likely N-dealkylation sites (N-methyl/N-ethyl adjacent to an activating group) is 1. The molecule has 10 nitrogen and oxygen atoms in total. The second-order valence-corrected chi connectivity index (χ2v) is 18.6. The second-order valence-electron chi connectivity index (χ2n) is 17.6. The summed E-state index contributed by atoms with van der Waals surface area (Å²) in [6.45, 7) is 9.04. The number of pyridine rings is 1. The Morgan fingerprint density at radius 3 is 2.43 bits per heavy atom. The molecule has 4 bridgehead atoms. The SMILES string of the molecule is CC(=NCC12CC3(C)CC(C)(C1)CC(OCCN(C)C)(C3)C2)C(=CN)c1ccc(-c2ccc3cccc(C(=O)Nc4nc5ccccc5s4)c3c2)nc1C(=O)O. The minimum absolute atomic E-state index is 0.00923. The summed E-state index contributed by atoms with van der Waals surface area (Å²) < 4.78 is 7.79. The van der Waals surface area contributed by atoms with E-state index in [1.807, 2.05) is 61.5 Å². The highest BCUT2D eigenvalue weighted by Crippen LogP contribution is 2.71. The number of nitrogens with two attached hydrogens (primary N) is 1. The number of fused-ring (bicyclic) bond motifs is 2. The fourth-order valence-corrected chi connectivity index (χ4v) is 12.0. The first-order chi connectivity index (χ1) is 26.7. The van der Waals surface area contributed by atoms with Gasteiger partial charge in [-0.15, -0.1) is 0 Å². The molecule has 0 saturated heterocycles. The molecule has 290 valence electrons. The van der Waals surface area contributed by atoms with Crippen molar-refractivity contribution in [3.63, 3.8) is 0 Å². The molecule has 4 N–H and O–H groups in total. The van der Waals surface area contributed by atoms with Crippen molar-refractivity contribution in [2.45, 2.75) is 64.9 Å². The minimum Gasteiger partial charge on any atom is -0.476 e. The van der Waals surface area contributed by atoms with Crippen LogP contribution in [0.4, 0.5) is 5.13 Å². The second kappa shape index (κ2) is 14.2. The molecule has 2 atom stereocenters. The Kier molecular flexibility index (Phi) is 9.62. The van der Waals surface area contributed by atoms with Gasteiger partial charge in [0.2, 0.25) is 0 Å². The van der Waals surface area contributed by atoms with Crippen molar-refractivity contribution in [2.24, 2.45) is 27.0 Å². The van der Waals surface area contributed by atoms with Gasteiger partial charge in [-0.2, -0.15) is 0 Å². The molecule has 4 saturated carbocycles. The van der Waals surface area contributed by atoms with Gasteiger partial charge in [-0.1, -0.05) is 61.6 Å². The number of para-hydroxylation sites is 1. The third-order valence-electron chi connectivity index (χ3n) is 12.1. The minimum atomic E-state index is -1.16. The van der Waals surface area contributed by atoms with Gasteiger partial charge < -0.3 is 20.5 Å². The highest BCUT2D eigenvalue weighted by Gasteiger charge is 2.66. The number of thiazole rings is 1. The Balaban J connectivity index is 1.06. The molecule has 4 fully saturated rings. The number of carbonyl (C=O) groups is 2. The first-order valence-corrected chi connectivity index (χ1v) is 20.2. The number of hydrogen-bond acceptors (Lipinski definition) is 9. The maximum absolute atomic E-state index is 13.6. The van der Waals surface area contributed by atoms with Crippen molar-refractivity contribution < 1.29 is 19.4 Å². The van der Waals surface area contributed by atoms with Crippen LogP contribution in [-0.2, 0) is 4.74 Å². The summed E-state index contributed by atoms with van der Waals surface area (Å²) >= 11 is 1.42. The van der Waals surface area contributed by atoms with E-state index >= 15 is 0 Å². The summed E-state index contributed by atoms with van der Waals surface area (Å²) in [6, 6.07) is 22.6. The molecular weight excluding hydrogens is 721 g/mol. The van der Waals surface area contributed by atoms with Crippen molar-refractivity contribution in [2.75, 3.05) is 39.1 Å². The fourth-order valence-electron chi connectivity index (χ4n) is 11.1. The summed E-state index contributed by atoms with van der Waals surface area (Å²) in [5, 5.41) is 15.5. The average Bonchev–Trinajstić information content (AvgIpc) is 3.54. The summed E-state index contributed by atoms with van der Waals surface area (Å²) in [4.78, 5) is 43.0. The van der Waals surface area contributed by atoms with Crippen LogP contribution in [0.15, 0.2) is 84.0 Å². The molecule has 0 spiro atoms. The average molecular weight is 771 g/mol. The maximum Gasteiger partial charge on any atom is 0.355 e. The molecule has 56 heavy (non-hydrogen) atoms. The normalized spacial score (nSPS) is 26.0. The molecule has 3 aromatic carbocycles. The van der Waals surface area contributed by atoms with Crippen LogP contribution in [-0.4, -0.2) is 77.0 Å². The van der Waals surface area contributed by atoms with Gasteiger partial charge in [0.1, 0.15) is 0 Å². The van der Waals surface area contributed by atoms with Crippen LogP contribution in [0, 0.1) is 16.2 Å². The van der Waals surface area contributed by atoms with E-state index in [-0.39, 0.29) is 33.4 Å². The van der Waals surface area contributed by atoms with E-state index in [1.165, 1.54) is 24.0 Å². The van der Waals surface area contributed by atoms with Crippen LogP contribution in [0.5, 0.6) is 0 Å². The van der Waals surface area contributed by atoms with Crippen LogP contribution in [0.2, 0.25) is 0 Å². The van der Waals surface area contributed by atoms with E-state index in [4.69, 9.17) is 15.5 Å². The molecule has 0 radical (unpaired) electrons. The number of rotatable bonds is 12. The molecule has 5 aromatic rings. The lowest BCUT2D eigenvalue weighted by molar-refractivity contribution is -0.242. The Morgan fingerprint density at radius 1 is 0.946 bits per heavy atom. The Hall–Kier alpha value is -4.97. The Morgan fingerprint density at radius 2 is 1.71 bits per heavy atom. The van der Waals surface area contributed by atoms with Gasteiger partial charge in [-0.3, -0.25) is 15.1 Å². The van der Waals surface area contributed by atoms with Crippen molar-refractivity contribution in [1.82, 2.24) is 14.9 Å². The summed E-state index contributed by atoms with van der Waals surface area (Å²) in [5.41, 5.74) is 10.5. The molecule has 2 aromatic heterocycles. The van der Waals surface area contributed by atoms with Gasteiger partial charge in [0.05, 0.1) is 28.1 Å². The number of anilines is 1. The van der Waals surface area contributed by atoms with E-state index in [0.717, 1.165) is 60.9 Å². The molecule has 2 unspecified atom stereocenters. The van der Waals surface area contributed by atoms with Crippen molar-refractivity contribution >= 4 is 60.6 Å². The maximum atomic E-state index is 13.6. The number of amides is 1. The number of nitrogens with zero attached hydrogens (tertiary/aromatic N) is 4. The predicted octanol–water partition coefficient (Wildman–Crippen LogP) is 8.92. The molecule has 2 heterocycles. The molecule has 1 amide bonds. The van der Waals surface area contributed by atoms with Gasteiger partial charge in [0.15, 0.2) is 10.8 Å². The summed E-state index contributed by atoms with van der Waals surface area (Å²) in [5.74, 6) is -1.44. The summed E-state index contributed by atoms with van der Waals surface area (Å²) in [7, 11) is 4.17. The van der Waals surface area contributed by atoms with Gasteiger partial charge in [-0.25, -0.2) is 14.8 Å². The van der Waals surface area contributed by atoms with Crippen LogP contribution in [0.3, 0.4) is 0 Å². The molecular formula is C45H50N6O4S. The number of carbonyl (C=O) groups excluding carboxylic acids is 1. The smallest absolute Gasteiger partial charge is 0.355 e. The van der Waals surface area contributed by atoms with Gasteiger partial charge in [0.25, 0.3) is 5.91 Å². The van der Waals surface area contributed by atoms with E-state index in [9.17, 15) is 14.7 Å². The summed E-state index contributed by atoms with van der Waals surface area (Å²) in [6.07, 6.45) is 8.07. The van der Waals surface area contributed by atoms with E-state index in [0.29, 0.717) is 50.7 Å². The highest BCUT2D eigenvalue weighted by atomic mass is 32.1. The number of aliphatic imine (C=N–C) groups is 1. The van der Waals surface area contributed by atoms with Crippen LogP contribution < -0.4 is 11.1 Å². The zero-order valence-corrected chi connectivity index (χ0v) is 33.6. The molecule has 9 rings (SSSR count). The van der Waals surface area contributed by atoms with Crippen LogP contribution >= 0.6 is 11.3 Å². The standard InChI is InChI=1S/C45H50N6O4S/c1-28(47-27-44-22-42(2)21-43(3,23-44)25-45(24-42,26-44)55-18-17-51(4)5)34(20-46)31-15-16-35(48-38(31)40(53)54)30-14-13-29-9-8-10-32(33(29)19-30)39(52)50-41-49-36-11-6-7-12-37(36)56-41/h6-16,19-20H,17-18,21-27,46H2,1-5H3,(H,53,54)(H,49,50,52). The number of carboxylic acids is 1. The van der Waals surface area contributed by atoms with E-state index < -0.39 is 5.97 Å². The lowest BCUT2D eigenvalue weighted by Gasteiger charge is -2.69. The van der Waals surface area contributed by atoms with Gasteiger partial charge in [0, 0.05) is 47.3 Å². The molecule has 4 aliphatic carbocycles. The third kappa shape index (κ3) is 7.24. The van der Waals surface area contributed by atoms with E-state index in [2.05, 4.69) is 48.1 Å². The van der Waals surface area contributed by atoms with Crippen LogP contribution in [0.25, 0.3) is 37.8 Å². The topological polar surface area (TPSA) is 143 Å². The first-order valence-electron chi connectivity index (χ1n) is 19.4. The number of hydrogen-bond donors (Lipinski definition) is 3. The number of aromatic carboxylic acids is 1. The molecule has 4 aliphatic rings. The van der Waals surface area contributed by atoms with Crippen molar-refractivity contribution in [1.29, 1.82) is 0 Å². The van der Waals surface area contributed by atoms with Crippen LogP contribution in [0.1, 0.15) is 85.7 Å². The van der Waals surface area contributed by atoms with Gasteiger partial charge >= 0.3 is 5.97 Å². The quantitative estimate of drug-likeness (QED) is 0.107. The molecule has 0 aliphatic heterocycles. The molecule has 11 heteroatoms. The number of benzene rings is 3. The lowest BCUT2D eigenvalue weighted by Crippen LogP contribution is -2.64. The largest absolute Gasteiger partial charge is 0.476 e. The zero-order chi connectivity index (χ0) is 39.5. The first kappa shape index (κ1) is 37.9. The third-order valence-corrected chi connectivity index (χ3v) is 13.1. The number of ether oxygens (including phenoxy) is 1. The van der Waals surface area contributed by atoms with Crippen molar-refractivity contribution in [3.05, 3.63) is 95.8 Å². The lowest BCUT2D eigenvalue weighted by atomic mass is 9.39. The van der Waals surface area contributed by atoms with E-state index in [1.54, 1.807) is 18.2 Å². The number of allylic oxidation sites excluding steroid dienone is 1. The van der Waals surface area contributed by atoms with Gasteiger partial charge in [-0.05, 0) is 123 Å². The Bertz CT molecular complexity index is 2380. The monoisotopic (exact) mass is 770 g/mol. The number of carboxylic acid groups (broad SMARTS) is 1. The predicted molar refractivity (Wildman–Crippen MR) is 225 cm³/mol.